The molecule has 0 atom stereocenters. The maximum atomic E-state index is 13.6. The molecule has 1 aliphatic rings. The van der Waals surface area contributed by atoms with E-state index in [2.05, 4.69) is 34.7 Å². The first-order valence-electron chi connectivity index (χ1n) is 13.4. The molecule has 0 radical (unpaired) electrons. The van der Waals surface area contributed by atoms with Crippen molar-refractivity contribution < 1.29 is 13.2 Å². The summed E-state index contributed by atoms with van der Waals surface area (Å²) in [5, 5.41) is 7.87. The second-order valence-corrected chi connectivity index (χ2v) is 11.2. The average Bonchev–Trinajstić information content (AvgIpc) is 3.28. The first kappa shape index (κ1) is 27.6. The van der Waals surface area contributed by atoms with E-state index in [0.717, 1.165) is 53.7 Å². The Labute approximate surface area is 232 Å². The Morgan fingerprint density at radius 2 is 1.56 bits per heavy atom. The smallest absolute Gasteiger partial charge is 0.381 e. The SMILES string of the molecule is CSc1ccc(NCc2ccc(-c3cc4cc(CNC5CCN(C)CC5)ccc4n3CC(F)(F)F)cc2)cc1. The number of aromatic nitrogens is 1. The van der Waals surface area contributed by atoms with E-state index in [9.17, 15) is 13.2 Å². The van der Waals surface area contributed by atoms with E-state index < -0.39 is 12.7 Å². The van der Waals surface area contributed by atoms with Crippen molar-refractivity contribution in [2.75, 3.05) is 31.7 Å². The van der Waals surface area contributed by atoms with Crippen LogP contribution < -0.4 is 10.6 Å². The van der Waals surface area contributed by atoms with Crippen molar-refractivity contribution in [2.45, 2.75) is 49.6 Å². The van der Waals surface area contributed by atoms with Gasteiger partial charge in [0.15, 0.2) is 0 Å². The van der Waals surface area contributed by atoms with Gasteiger partial charge in [0.2, 0.25) is 0 Å². The van der Waals surface area contributed by atoms with E-state index in [1.54, 1.807) is 11.8 Å². The predicted octanol–water partition coefficient (Wildman–Crippen LogP) is 7.39. The molecule has 206 valence electrons. The summed E-state index contributed by atoms with van der Waals surface area (Å²) in [5.74, 6) is 0. The fourth-order valence-electron chi connectivity index (χ4n) is 5.20. The first-order valence-corrected chi connectivity index (χ1v) is 14.6. The van der Waals surface area contributed by atoms with Crippen LogP contribution in [0.3, 0.4) is 0 Å². The lowest BCUT2D eigenvalue weighted by Gasteiger charge is -2.29. The van der Waals surface area contributed by atoms with Gasteiger partial charge in [-0.1, -0.05) is 30.3 Å². The van der Waals surface area contributed by atoms with Crippen molar-refractivity contribution in [3.05, 3.63) is 83.9 Å². The van der Waals surface area contributed by atoms with Crippen molar-refractivity contribution in [1.29, 1.82) is 0 Å². The fourth-order valence-corrected chi connectivity index (χ4v) is 5.61. The highest BCUT2D eigenvalue weighted by molar-refractivity contribution is 7.98. The molecular weight excluding hydrogens is 517 g/mol. The first-order chi connectivity index (χ1) is 18.8. The highest BCUT2D eigenvalue weighted by Crippen LogP contribution is 2.32. The average molecular weight is 553 g/mol. The fraction of sp³-hybridized carbons (Fsp3) is 0.355. The van der Waals surface area contributed by atoms with Gasteiger partial charge in [0.05, 0.1) is 0 Å². The molecule has 0 saturated carbocycles. The van der Waals surface area contributed by atoms with Crippen molar-refractivity contribution in [1.82, 2.24) is 14.8 Å². The lowest BCUT2D eigenvalue weighted by Crippen LogP contribution is -2.40. The van der Waals surface area contributed by atoms with Crippen LogP contribution in [0.15, 0.2) is 77.7 Å². The maximum Gasteiger partial charge on any atom is 0.406 e. The number of nitrogens with one attached hydrogen (secondary N) is 2. The molecule has 0 amide bonds. The molecule has 1 aromatic heterocycles. The molecule has 3 aromatic carbocycles. The summed E-state index contributed by atoms with van der Waals surface area (Å²) in [4.78, 5) is 3.54. The predicted molar refractivity (Wildman–Crippen MR) is 156 cm³/mol. The molecule has 39 heavy (non-hydrogen) atoms. The molecule has 0 bridgehead atoms. The van der Waals surface area contributed by atoms with Crippen molar-refractivity contribution in [3.8, 4) is 11.3 Å². The molecule has 8 heteroatoms. The van der Waals surface area contributed by atoms with E-state index in [4.69, 9.17) is 0 Å². The molecule has 1 aliphatic heterocycles. The van der Waals surface area contributed by atoms with Crippen LogP contribution in [0.25, 0.3) is 22.2 Å². The van der Waals surface area contributed by atoms with Crippen LogP contribution in [0.5, 0.6) is 0 Å². The van der Waals surface area contributed by atoms with Gasteiger partial charge in [0.1, 0.15) is 6.54 Å². The number of nitrogens with zero attached hydrogens (tertiary/aromatic N) is 2. The number of thioether (sulfide) groups is 1. The Balaban J connectivity index is 1.33. The Kier molecular flexibility index (Phi) is 8.54. The normalized spacial score (nSPS) is 15.2. The van der Waals surface area contributed by atoms with Crippen LogP contribution in [-0.2, 0) is 19.6 Å². The van der Waals surface area contributed by atoms with Crippen LogP contribution in [0.2, 0.25) is 0 Å². The Hall–Kier alpha value is -2.94. The number of fused-ring (bicyclic) bond motifs is 1. The molecule has 1 fully saturated rings. The molecule has 1 saturated heterocycles. The minimum absolute atomic E-state index is 0.477. The number of anilines is 1. The summed E-state index contributed by atoms with van der Waals surface area (Å²) < 4.78 is 42.2. The van der Waals surface area contributed by atoms with Gasteiger partial charge in [0.25, 0.3) is 0 Å². The molecule has 0 aliphatic carbocycles. The van der Waals surface area contributed by atoms with Gasteiger partial charge in [-0.15, -0.1) is 11.8 Å². The summed E-state index contributed by atoms with van der Waals surface area (Å²) in [5.41, 5.74) is 5.13. The maximum absolute atomic E-state index is 13.6. The van der Waals surface area contributed by atoms with Gasteiger partial charge in [-0.25, -0.2) is 0 Å². The number of likely N-dealkylation sites (tertiary alicyclic amines) is 1. The number of rotatable bonds is 9. The number of benzene rings is 3. The van der Waals surface area contributed by atoms with Gasteiger partial charge in [-0.2, -0.15) is 13.2 Å². The number of piperidine rings is 1. The van der Waals surface area contributed by atoms with Crippen molar-refractivity contribution in [2.24, 2.45) is 0 Å². The van der Waals surface area contributed by atoms with Crippen LogP contribution in [-0.4, -0.2) is 48.1 Å². The van der Waals surface area contributed by atoms with Crippen LogP contribution >= 0.6 is 11.8 Å². The van der Waals surface area contributed by atoms with Crippen molar-refractivity contribution >= 4 is 28.4 Å². The Morgan fingerprint density at radius 3 is 2.23 bits per heavy atom. The number of halogens is 3. The van der Waals surface area contributed by atoms with Crippen LogP contribution in [0, 0.1) is 0 Å². The molecule has 5 rings (SSSR count). The molecule has 2 N–H and O–H groups in total. The third kappa shape index (κ3) is 7.18. The molecule has 4 aromatic rings. The number of hydrogen-bond acceptors (Lipinski definition) is 4. The van der Waals surface area contributed by atoms with E-state index in [1.807, 2.05) is 66.9 Å². The lowest BCUT2D eigenvalue weighted by molar-refractivity contribution is -0.139. The summed E-state index contributed by atoms with van der Waals surface area (Å²) in [6.07, 6.45) is -0.0441. The van der Waals surface area contributed by atoms with Gasteiger partial charge in [0, 0.05) is 46.3 Å². The zero-order valence-electron chi connectivity index (χ0n) is 22.4. The van der Waals surface area contributed by atoms with E-state index in [1.165, 1.54) is 9.46 Å². The summed E-state index contributed by atoms with van der Waals surface area (Å²) in [6, 6.07) is 24.2. The Bertz CT molecular complexity index is 1370. The largest absolute Gasteiger partial charge is 0.406 e. The van der Waals surface area contributed by atoms with Crippen LogP contribution in [0.1, 0.15) is 24.0 Å². The molecule has 4 nitrogen and oxygen atoms in total. The molecular formula is C31H35F3N4S. The number of alkyl halides is 3. The quantitative estimate of drug-likeness (QED) is 0.212. The summed E-state index contributed by atoms with van der Waals surface area (Å²) >= 11 is 1.70. The molecule has 0 spiro atoms. The minimum Gasteiger partial charge on any atom is -0.381 e. The highest BCUT2D eigenvalue weighted by atomic mass is 32.2. The minimum atomic E-state index is -4.31. The zero-order valence-corrected chi connectivity index (χ0v) is 23.2. The van der Waals surface area contributed by atoms with Gasteiger partial charge in [-0.3, -0.25) is 0 Å². The molecule has 0 unspecified atom stereocenters. The third-order valence-corrected chi connectivity index (χ3v) is 8.20. The third-order valence-electron chi connectivity index (χ3n) is 7.45. The van der Waals surface area contributed by atoms with Crippen LogP contribution in [0.4, 0.5) is 18.9 Å². The van der Waals surface area contributed by atoms with Gasteiger partial charge in [-0.05, 0) is 98.4 Å². The second-order valence-electron chi connectivity index (χ2n) is 10.4. The van der Waals surface area contributed by atoms with E-state index in [0.29, 0.717) is 30.3 Å². The second kappa shape index (κ2) is 12.1. The monoisotopic (exact) mass is 552 g/mol. The zero-order chi connectivity index (χ0) is 27.4. The summed E-state index contributed by atoms with van der Waals surface area (Å²) in [6.45, 7) is 2.50. The highest BCUT2D eigenvalue weighted by Gasteiger charge is 2.30. The van der Waals surface area contributed by atoms with Gasteiger partial charge >= 0.3 is 6.18 Å². The lowest BCUT2D eigenvalue weighted by atomic mass is 10.0. The number of hydrogen-bond donors (Lipinski definition) is 2. The van der Waals surface area contributed by atoms with Crippen molar-refractivity contribution in [3.63, 3.8) is 0 Å². The topological polar surface area (TPSA) is 32.2 Å². The Morgan fingerprint density at radius 1 is 0.872 bits per heavy atom. The van der Waals surface area contributed by atoms with Gasteiger partial charge < -0.3 is 20.1 Å². The summed E-state index contributed by atoms with van der Waals surface area (Å²) in [7, 11) is 2.14. The van der Waals surface area contributed by atoms with E-state index >= 15 is 0 Å². The van der Waals surface area contributed by atoms with E-state index in [-0.39, 0.29) is 0 Å². The standard InChI is InChI=1S/C31H35F3N4S/c1-37-15-13-27(14-16-37)36-20-23-5-12-29-25(17-23)18-30(38(29)21-31(32,33)34)24-6-3-22(4-7-24)19-35-26-8-10-28(39-2)11-9-26/h3-12,17-18,27,35-36H,13-16,19-21H2,1-2H3. The molecule has 2 heterocycles.